The molecule has 3 N–H and O–H groups in total. The quantitative estimate of drug-likeness (QED) is 0.388. The molecule has 7 nitrogen and oxygen atoms in total. The van der Waals surface area contributed by atoms with Gasteiger partial charge >= 0.3 is 0 Å². The number of aromatic nitrogens is 1. The highest BCUT2D eigenvalue weighted by molar-refractivity contribution is 5.95. The summed E-state index contributed by atoms with van der Waals surface area (Å²) < 4.78 is 5.60. The van der Waals surface area contributed by atoms with Crippen molar-refractivity contribution in [3.05, 3.63) is 57.3 Å². The van der Waals surface area contributed by atoms with Crippen LogP contribution in [0.5, 0.6) is 11.6 Å². The second kappa shape index (κ2) is 5.58. The Bertz CT molecular complexity index is 728. The third-order valence-electron chi connectivity index (χ3n) is 2.91. The number of nitrogens with two attached hydrogens (primary N) is 1. The molecule has 21 heavy (non-hydrogen) atoms. The largest absolute Gasteiger partial charge is 0.438 e. The molecule has 0 atom stereocenters. The smallest absolute Gasteiger partial charge is 0.276 e. The van der Waals surface area contributed by atoms with E-state index in [0.717, 1.165) is 0 Å². The van der Waals surface area contributed by atoms with Crippen LogP contribution in [0, 0.1) is 29.4 Å². The van der Waals surface area contributed by atoms with Gasteiger partial charge in [0.05, 0.1) is 10.5 Å². The van der Waals surface area contributed by atoms with Crippen LogP contribution in [0.3, 0.4) is 0 Å². The average Bonchev–Trinajstić information content (AvgIpc) is 2.40. The maximum Gasteiger partial charge on any atom is 0.276 e. The normalized spacial score (nSPS) is 10.2. The number of nitrogens with one attached hydrogen (secondary N) is 1. The van der Waals surface area contributed by atoms with Crippen LogP contribution in [-0.4, -0.2) is 15.7 Å². The Morgan fingerprint density at radius 1 is 1.38 bits per heavy atom. The van der Waals surface area contributed by atoms with Crippen molar-refractivity contribution >= 4 is 11.5 Å². The van der Waals surface area contributed by atoms with Gasteiger partial charge in [0.1, 0.15) is 11.6 Å². The molecule has 0 saturated carbocycles. The van der Waals surface area contributed by atoms with E-state index < -0.39 is 4.92 Å². The molecule has 2 rings (SSSR count). The van der Waals surface area contributed by atoms with Crippen molar-refractivity contribution in [3.63, 3.8) is 0 Å². The average molecular weight is 286 g/mol. The van der Waals surface area contributed by atoms with E-state index >= 15 is 0 Å². The molecule has 1 aromatic heterocycles. The highest BCUT2D eigenvalue weighted by Gasteiger charge is 2.15. The number of ether oxygens (including phenoxy) is 1. The van der Waals surface area contributed by atoms with E-state index in [-0.39, 0.29) is 17.4 Å². The maximum atomic E-state index is 10.9. The fraction of sp³-hybridized carbons (Fsp3) is 0.143. The molecule has 108 valence electrons. The van der Waals surface area contributed by atoms with Crippen LogP contribution in [0.1, 0.15) is 16.8 Å². The van der Waals surface area contributed by atoms with Gasteiger partial charge in [-0.2, -0.15) is 0 Å². The molecule has 0 fully saturated rings. The summed E-state index contributed by atoms with van der Waals surface area (Å²) in [5.41, 5.74) is 6.97. The summed E-state index contributed by atoms with van der Waals surface area (Å²) in [6.45, 7) is 3.36. The molecule has 0 amide bonds. The minimum atomic E-state index is -0.465. The Balaban J connectivity index is 2.41. The monoisotopic (exact) mass is 286 g/mol. The zero-order valence-electron chi connectivity index (χ0n) is 11.6. The van der Waals surface area contributed by atoms with Gasteiger partial charge in [-0.3, -0.25) is 15.5 Å². The van der Waals surface area contributed by atoms with E-state index in [1.54, 1.807) is 32.0 Å². The van der Waals surface area contributed by atoms with Gasteiger partial charge in [0, 0.05) is 23.4 Å². The molecule has 1 heterocycles. The van der Waals surface area contributed by atoms with Crippen LogP contribution in [0.4, 0.5) is 5.69 Å². The number of aryl methyl sites for hydroxylation is 1. The Labute approximate surface area is 121 Å². The van der Waals surface area contributed by atoms with E-state index in [2.05, 4.69) is 4.98 Å². The predicted molar refractivity (Wildman–Crippen MR) is 77.9 cm³/mol. The fourth-order valence-electron chi connectivity index (χ4n) is 1.87. The van der Waals surface area contributed by atoms with Crippen LogP contribution >= 0.6 is 0 Å². The van der Waals surface area contributed by atoms with Crippen molar-refractivity contribution in [1.82, 2.24) is 4.98 Å². The first-order valence-corrected chi connectivity index (χ1v) is 6.13. The van der Waals surface area contributed by atoms with E-state index in [1.807, 2.05) is 0 Å². The maximum absolute atomic E-state index is 10.9. The third-order valence-corrected chi connectivity index (χ3v) is 2.91. The molecule has 0 saturated heterocycles. The standard InChI is InChI=1S/C14H14N4O3/c1-8-6-10(14(15)16)7-13(17-8)21-12-5-3-4-11(9(12)2)18(19)20/h3-7H,1-2H3,(H3,15,16). The Morgan fingerprint density at radius 2 is 2.10 bits per heavy atom. The summed E-state index contributed by atoms with van der Waals surface area (Å²) in [6, 6.07) is 7.76. The topological polar surface area (TPSA) is 115 Å². The number of rotatable bonds is 4. The molecule has 0 spiro atoms. The number of benzene rings is 1. The lowest BCUT2D eigenvalue weighted by atomic mass is 10.2. The first-order chi connectivity index (χ1) is 9.88. The molecule has 1 aromatic carbocycles. The van der Waals surface area contributed by atoms with Crippen LogP contribution in [0.25, 0.3) is 0 Å². The molecule has 0 unspecified atom stereocenters. The first-order valence-electron chi connectivity index (χ1n) is 6.13. The lowest BCUT2D eigenvalue weighted by Crippen LogP contribution is -2.11. The molecule has 0 aliphatic carbocycles. The zero-order valence-corrected chi connectivity index (χ0v) is 11.6. The van der Waals surface area contributed by atoms with Gasteiger partial charge in [-0.15, -0.1) is 0 Å². The van der Waals surface area contributed by atoms with Crippen molar-refractivity contribution in [1.29, 1.82) is 5.41 Å². The van der Waals surface area contributed by atoms with Crippen molar-refractivity contribution < 1.29 is 9.66 Å². The zero-order chi connectivity index (χ0) is 15.6. The molecule has 0 aliphatic heterocycles. The summed E-state index contributed by atoms with van der Waals surface area (Å²) in [6.07, 6.45) is 0. The number of amidine groups is 1. The lowest BCUT2D eigenvalue weighted by Gasteiger charge is -2.10. The van der Waals surface area contributed by atoms with Gasteiger partial charge in [-0.1, -0.05) is 6.07 Å². The molecular formula is C14H14N4O3. The fourth-order valence-corrected chi connectivity index (χ4v) is 1.87. The number of nitro benzene ring substituents is 1. The molecule has 2 aromatic rings. The number of nitrogen functional groups attached to an aromatic ring is 1. The van der Waals surface area contributed by atoms with Gasteiger partial charge in [0.25, 0.3) is 5.69 Å². The van der Waals surface area contributed by atoms with Crippen LogP contribution in [0.2, 0.25) is 0 Å². The highest BCUT2D eigenvalue weighted by atomic mass is 16.6. The number of hydrogen-bond acceptors (Lipinski definition) is 5. The summed E-state index contributed by atoms with van der Waals surface area (Å²) in [7, 11) is 0. The first kappa shape index (κ1) is 14.4. The summed E-state index contributed by atoms with van der Waals surface area (Å²) in [5.74, 6) is 0.488. The highest BCUT2D eigenvalue weighted by Crippen LogP contribution is 2.30. The van der Waals surface area contributed by atoms with E-state index in [1.165, 1.54) is 12.1 Å². The Hall–Kier alpha value is -2.96. The molecule has 0 bridgehead atoms. The Morgan fingerprint density at radius 3 is 2.71 bits per heavy atom. The third kappa shape index (κ3) is 3.14. The second-order valence-electron chi connectivity index (χ2n) is 4.51. The Kier molecular flexibility index (Phi) is 3.84. The van der Waals surface area contributed by atoms with Gasteiger partial charge in [-0.25, -0.2) is 4.98 Å². The van der Waals surface area contributed by atoms with E-state index in [0.29, 0.717) is 22.6 Å². The van der Waals surface area contributed by atoms with Crippen LogP contribution in [0.15, 0.2) is 30.3 Å². The molecule has 0 aliphatic rings. The molecular weight excluding hydrogens is 272 g/mol. The van der Waals surface area contributed by atoms with Crippen molar-refractivity contribution in [2.45, 2.75) is 13.8 Å². The van der Waals surface area contributed by atoms with Gasteiger partial charge < -0.3 is 10.5 Å². The van der Waals surface area contributed by atoms with Crippen molar-refractivity contribution in [2.24, 2.45) is 5.73 Å². The summed E-state index contributed by atoms with van der Waals surface area (Å²) in [5, 5.41) is 18.4. The van der Waals surface area contributed by atoms with Gasteiger partial charge in [-0.05, 0) is 26.0 Å². The number of hydrogen-bond donors (Lipinski definition) is 2. The van der Waals surface area contributed by atoms with Crippen LogP contribution in [-0.2, 0) is 0 Å². The SMILES string of the molecule is Cc1cc(C(=N)N)cc(Oc2cccc([N+](=O)[O-])c2C)n1. The van der Waals surface area contributed by atoms with Crippen LogP contribution < -0.4 is 10.5 Å². The van der Waals surface area contributed by atoms with Gasteiger partial charge in [0.15, 0.2) is 0 Å². The predicted octanol–water partition coefficient (Wildman–Crippen LogP) is 2.68. The van der Waals surface area contributed by atoms with Gasteiger partial charge in [0.2, 0.25) is 5.88 Å². The van der Waals surface area contributed by atoms with Crippen molar-refractivity contribution in [2.75, 3.05) is 0 Å². The van der Waals surface area contributed by atoms with E-state index in [4.69, 9.17) is 15.9 Å². The number of pyridine rings is 1. The second-order valence-corrected chi connectivity index (χ2v) is 4.51. The number of nitrogens with zero attached hydrogens (tertiary/aromatic N) is 2. The van der Waals surface area contributed by atoms with Crippen molar-refractivity contribution in [3.8, 4) is 11.6 Å². The van der Waals surface area contributed by atoms with E-state index in [9.17, 15) is 10.1 Å². The molecule has 7 heteroatoms. The summed E-state index contributed by atoms with van der Waals surface area (Å²) >= 11 is 0. The summed E-state index contributed by atoms with van der Waals surface area (Å²) in [4.78, 5) is 14.6. The minimum Gasteiger partial charge on any atom is -0.438 e. The molecule has 0 radical (unpaired) electrons. The minimum absolute atomic E-state index is 0.0213. The lowest BCUT2D eigenvalue weighted by molar-refractivity contribution is -0.385. The number of nitro groups is 1.